The van der Waals surface area contributed by atoms with Gasteiger partial charge in [0.1, 0.15) is 22.9 Å². The van der Waals surface area contributed by atoms with Crippen molar-refractivity contribution in [1.82, 2.24) is 5.32 Å². The van der Waals surface area contributed by atoms with Crippen LogP contribution in [0.25, 0.3) is 17.4 Å². The molecule has 1 saturated heterocycles. The molecule has 0 atom stereocenters. The van der Waals surface area contributed by atoms with Crippen molar-refractivity contribution in [3.8, 4) is 11.3 Å². The third kappa shape index (κ3) is 4.19. The SMILES string of the molecule is Cc1ccc(-c2ccc(/C=C3/C(=O)NC(=S)N(c4ccc(F)c(Cl)c4)C3=O)o2)c(Br)c1. The number of hydrogen-bond donors (Lipinski definition) is 1. The van der Waals surface area contributed by atoms with Crippen LogP contribution in [0.15, 0.2) is 63.0 Å². The van der Waals surface area contributed by atoms with Gasteiger partial charge in [-0.15, -0.1) is 0 Å². The number of aryl methyl sites for hydroxylation is 1. The van der Waals surface area contributed by atoms with Gasteiger partial charge in [0.15, 0.2) is 5.11 Å². The second-order valence-electron chi connectivity index (χ2n) is 6.74. The molecule has 0 spiro atoms. The average Bonchev–Trinajstić information content (AvgIpc) is 3.16. The highest BCUT2D eigenvalue weighted by Gasteiger charge is 2.35. The fraction of sp³-hybridized carbons (Fsp3) is 0.0455. The number of amides is 2. The number of anilines is 1. The highest BCUT2D eigenvalue weighted by molar-refractivity contribution is 9.10. The molecule has 0 unspecified atom stereocenters. The summed E-state index contributed by atoms with van der Waals surface area (Å²) in [5.41, 5.74) is 1.97. The van der Waals surface area contributed by atoms with E-state index < -0.39 is 17.6 Å². The summed E-state index contributed by atoms with van der Waals surface area (Å²) in [6.07, 6.45) is 1.34. The van der Waals surface area contributed by atoms with Gasteiger partial charge in [-0.2, -0.15) is 0 Å². The lowest BCUT2D eigenvalue weighted by molar-refractivity contribution is -0.122. The van der Waals surface area contributed by atoms with Crippen molar-refractivity contribution in [3.05, 3.63) is 80.7 Å². The minimum Gasteiger partial charge on any atom is -0.457 e. The number of carbonyl (C=O) groups is 2. The number of furan rings is 1. The van der Waals surface area contributed by atoms with Crippen LogP contribution in [0.5, 0.6) is 0 Å². The minimum atomic E-state index is -0.675. The first-order valence-electron chi connectivity index (χ1n) is 8.97. The Morgan fingerprint density at radius 1 is 1.16 bits per heavy atom. The molecule has 1 aliphatic heterocycles. The highest BCUT2D eigenvalue weighted by Crippen LogP contribution is 2.32. The van der Waals surface area contributed by atoms with E-state index in [-0.39, 0.29) is 21.4 Å². The Bertz CT molecular complexity index is 1290. The van der Waals surface area contributed by atoms with Crippen LogP contribution in [-0.2, 0) is 9.59 Å². The summed E-state index contributed by atoms with van der Waals surface area (Å²) in [7, 11) is 0. The zero-order valence-electron chi connectivity index (χ0n) is 15.9. The Morgan fingerprint density at radius 3 is 2.65 bits per heavy atom. The topological polar surface area (TPSA) is 62.6 Å². The molecule has 1 aromatic heterocycles. The molecular formula is C22H13BrClFN2O3S. The summed E-state index contributed by atoms with van der Waals surface area (Å²) in [5.74, 6) is -1.09. The molecule has 1 aliphatic rings. The maximum atomic E-state index is 13.5. The average molecular weight is 520 g/mol. The van der Waals surface area contributed by atoms with Gasteiger partial charge in [0.25, 0.3) is 11.8 Å². The van der Waals surface area contributed by atoms with Gasteiger partial charge in [0, 0.05) is 10.0 Å². The van der Waals surface area contributed by atoms with E-state index in [2.05, 4.69) is 21.2 Å². The van der Waals surface area contributed by atoms with Gasteiger partial charge in [-0.1, -0.05) is 33.6 Å². The van der Waals surface area contributed by atoms with Gasteiger partial charge in [-0.3, -0.25) is 19.8 Å². The third-order valence-electron chi connectivity index (χ3n) is 4.57. The molecule has 0 bridgehead atoms. The van der Waals surface area contributed by atoms with Crippen molar-refractivity contribution in [2.45, 2.75) is 6.92 Å². The number of hydrogen-bond acceptors (Lipinski definition) is 4. The summed E-state index contributed by atoms with van der Waals surface area (Å²) in [6.45, 7) is 1.98. The van der Waals surface area contributed by atoms with Crippen LogP contribution in [0.1, 0.15) is 11.3 Å². The first kappa shape index (κ1) is 21.4. The fourth-order valence-electron chi connectivity index (χ4n) is 3.05. The third-order valence-corrected chi connectivity index (χ3v) is 5.80. The molecule has 0 aliphatic carbocycles. The molecule has 5 nitrogen and oxygen atoms in total. The minimum absolute atomic E-state index is 0.126. The van der Waals surface area contributed by atoms with Crippen molar-refractivity contribution < 1.29 is 18.4 Å². The Balaban J connectivity index is 1.69. The lowest BCUT2D eigenvalue weighted by Gasteiger charge is -2.28. The van der Waals surface area contributed by atoms with Crippen molar-refractivity contribution in [3.63, 3.8) is 0 Å². The molecule has 0 radical (unpaired) electrons. The fourth-order valence-corrected chi connectivity index (χ4v) is 4.20. The molecule has 9 heteroatoms. The molecular weight excluding hydrogens is 507 g/mol. The van der Waals surface area contributed by atoms with Crippen molar-refractivity contribution in [1.29, 1.82) is 0 Å². The van der Waals surface area contributed by atoms with Crippen LogP contribution in [0.2, 0.25) is 5.02 Å². The maximum absolute atomic E-state index is 13.5. The summed E-state index contributed by atoms with van der Waals surface area (Å²) >= 11 is 14.5. The van der Waals surface area contributed by atoms with Crippen LogP contribution in [0.4, 0.5) is 10.1 Å². The lowest BCUT2D eigenvalue weighted by Crippen LogP contribution is -2.54. The Hall–Kier alpha value is -2.81. The molecule has 156 valence electrons. The summed E-state index contributed by atoms with van der Waals surface area (Å²) in [6, 6.07) is 12.9. The van der Waals surface area contributed by atoms with E-state index in [1.165, 1.54) is 18.2 Å². The predicted octanol–water partition coefficient (Wildman–Crippen LogP) is 5.64. The van der Waals surface area contributed by atoms with E-state index in [0.29, 0.717) is 11.5 Å². The van der Waals surface area contributed by atoms with E-state index in [4.69, 9.17) is 28.2 Å². The molecule has 3 aromatic rings. The van der Waals surface area contributed by atoms with E-state index in [0.717, 1.165) is 26.6 Å². The molecule has 2 amide bonds. The van der Waals surface area contributed by atoms with Gasteiger partial charge in [0.05, 0.1) is 10.7 Å². The van der Waals surface area contributed by atoms with Crippen LogP contribution < -0.4 is 10.2 Å². The van der Waals surface area contributed by atoms with Crippen LogP contribution >= 0.6 is 39.7 Å². The molecule has 2 aromatic carbocycles. The standard InChI is InChI=1S/C22H13BrClFN2O3S/c1-11-2-5-14(16(23)8-11)19-7-4-13(30-19)10-15-20(28)26-22(31)27(21(15)29)12-3-6-18(25)17(24)9-12/h2-10H,1H3,(H,26,28,31)/b15-10-. The first-order chi connectivity index (χ1) is 14.7. The summed E-state index contributed by atoms with van der Waals surface area (Å²) in [5, 5.41) is 2.16. The number of carbonyl (C=O) groups excluding carboxylic acids is 2. The molecule has 1 N–H and O–H groups in total. The van der Waals surface area contributed by atoms with Gasteiger partial charge in [-0.05, 0) is 73.2 Å². The van der Waals surface area contributed by atoms with E-state index in [1.807, 2.05) is 25.1 Å². The molecule has 1 fully saturated rings. The van der Waals surface area contributed by atoms with Gasteiger partial charge < -0.3 is 4.42 Å². The number of halogens is 3. The smallest absolute Gasteiger partial charge is 0.270 e. The predicted molar refractivity (Wildman–Crippen MR) is 124 cm³/mol. The number of nitrogens with one attached hydrogen (secondary N) is 1. The zero-order valence-corrected chi connectivity index (χ0v) is 19.1. The van der Waals surface area contributed by atoms with Gasteiger partial charge in [0.2, 0.25) is 0 Å². The molecule has 2 heterocycles. The van der Waals surface area contributed by atoms with Crippen molar-refractivity contribution in [2.24, 2.45) is 0 Å². The van der Waals surface area contributed by atoms with Gasteiger partial charge >= 0.3 is 0 Å². The maximum Gasteiger partial charge on any atom is 0.270 e. The number of rotatable bonds is 3. The second kappa shape index (κ2) is 8.37. The van der Waals surface area contributed by atoms with E-state index >= 15 is 0 Å². The van der Waals surface area contributed by atoms with Crippen molar-refractivity contribution >= 4 is 68.4 Å². The highest BCUT2D eigenvalue weighted by atomic mass is 79.9. The Morgan fingerprint density at radius 2 is 1.94 bits per heavy atom. The summed E-state index contributed by atoms with van der Waals surface area (Å²) < 4.78 is 20.2. The molecule has 0 saturated carbocycles. The second-order valence-corrected chi connectivity index (χ2v) is 8.39. The van der Waals surface area contributed by atoms with E-state index in [9.17, 15) is 14.0 Å². The normalized spacial score (nSPS) is 15.5. The monoisotopic (exact) mass is 518 g/mol. The van der Waals surface area contributed by atoms with Crippen LogP contribution in [0, 0.1) is 12.7 Å². The number of nitrogens with zero attached hydrogens (tertiary/aromatic N) is 1. The van der Waals surface area contributed by atoms with Crippen LogP contribution in [-0.4, -0.2) is 16.9 Å². The molecule has 4 rings (SSSR count). The van der Waals surface area contributed by atoms with Gasteiger partial charge in [-0.25, -0.2) is 4.39 Å². The number of thiocarbonyl (C=S) groups is 1. The summed E-state index contributed by atoms with van der Waals surface area (Å²) in [4.78, 5) is 26.6. The quantitative estimate of drug-likeness (QED) is 0.276. The Labute approximate surface area is 195 Å². The zero-order chi connectivity index (χ0) is 22.3. The number of benzene rings is 2. The van der Waals surface area contributed by atoms with Crippen LogP contribution in [0.3, 0.4) is 0 Å². The van der Waals surface area contributed by atoms with Crippen molar-refractivity contribution in [2.75, 3.05) is 4.90 Å². The van der Waals surface area contributed by atoms with E-state index in [1.54, 1.807) is 12.1 Å². The first-order valence-corrected chi connectivity index (χ1v) is 10.6. The lowest BCUT2D eigenvalue weighted by atomic mass is 10.1. The largest absolute Gasteiger partial charge is 0.457 e. The Kier molecular flexibility index (Phi) is 5.79. The molecule has 31 heavy (non-hydrogen) atoms.